The zero-order valence-electron chi connectivity index (χ0n) is 7.52. The Kier molecular flexibility index (Phi) is 2.93. The number of hydrogen-bond donors (Lipinski definition) is 2. The molecule has 3 nitrogen and oxygen atoms in total. The van der Waals surface area contributed by atoms with Gasteiger partial charge in [0.2, 0.25) is 0 Å². The van der Waals surface area contributed by atoms with Gasteiger partial charge in [-0.25, -0.2) is 0 Å². The minimum Gasteiger partial charge on any atom is -0.495 e. The molecule has 1 aromatic carbocycles. The maximum absolute atomic E-state index is 7.14. The number of rotatable bonds is 2. The SMILES string of the molecule is COc1c(Br)cc(C=N)c(N)c1C. The van der Waals surface area contributed by atoms with Gasteiger partial charge >= 0.3 is 0 Å². The van der Waals surface area contributed by atoms with Gasteiger partial charge in [0.1, 0.15) is 5.75 Å². The lowest BCUT2D eigenvalue weighted by atomic mass is 10.1. The fourth-order valence-corrected chi connectivity index (χ4v) is 1.87. The summed E-state index contributed by atoms with van der Waals surface area (Å²) in [4.78, 5) is 0. The van der Waals surface area contributed by atoms with Gasteiger partial charge < -0.3 is 15.9 Å². The van der Waals surface area contributed by atoms with Crippen molar-refractivity contribution in [3.63, 3.8) is 0 Å². The third-order valence-electron chi connectivity index (χ3n) is 1.91. The van der Waals surface area contributed by atoms with Crippen LogP contribution in [0.2, 0.25) is 0 Å². The summed E-state index contributed by atoms with van der Waals surface area (Å²) < 4.78 is 5.97. The second kappa shape index (κ2) is 3.79. The molecule has 0 aromatic heterocycles. The predicted molar refractivity (Wildman–Crippen MR) is 57.7 cm³/mol. The minimum atomic E-state index is 0.593. The van der Waals surface area contributed by atoms with Crippen molar-refractivity contribution in [3.8, 4) is 5.75 Å². The van der Waals surface area contributed by atoms with Gasteiger partial charge in [-0.3, -0.25) is 0 Å². The molecule has 0 heterocycles. The first-order valence-electron chi connectivity index (χ1n) is 3.74. The van der Waals surface area contributed by atoms with Crippen molar-refractivity contribution in [1.29, 1.82) is 5.41 Å². The smallest absolute Gasteiger partial charge is 0.138 e. The van der Waals surface area contributed by atoms with Gasteiger partial charge in [-0.1, -0.05) is 0 Å². The molecular formula is C9H11BrN2O. The summed E-state index contributed by atoms with van der Waals surface area (Å²) in [7, 11) is 1.59. The van der Waals surface area contributed by atoms with E-state index in [9.17, 15) is 0 Å². The Labute approximate surface area is 85.5 Å². The lowest BCUT2D eigenvalue weighted by Gasteiger charge is -2.11. The van der Waals surface area contributed by atoms with Gasteiger partial charge in [-0.05, 0) is 28.9 Å². The lowest BCUT2D eigenvalue weighted by Crippen LogP contribution is -1.99. The topological polar surface area (TPSA) is 59.1 Å². The van der Waals surface area contributed by atoms with Crippen LogP contribution >= 0.6 is 15.9 Å². The summed E-state index contributed by atoms with van der Waals surface area (Å²) in [5.74, 6) is 0.725. The van der Waals surface area contributed by atoms with Gasteiger partial charge in [0, 0.05) is 23.0 Å². The van der Waals surface area contributed by atoms with E-state index in [4.69, 9.17) is 15.9 Å². The Balaban J connectivity index is 3.45. The molecule has 0 bridgehead atoms. The molecule has 0 aliphatic heterocycles. The van der Waals surface area contributed by atoms with E-state index in [1.54, 1.807) is 13.2 Å². The maximum Gasteiger partial charge on any atom is 0.138 e. The number of hydrogen-bond acceptors (Lipinski definition) is 3. The van der Waals surface area contributed by atoms with Crippen molar-refractivity contribution < 1.29 is 4.74 Å². The number of benzene rings is 1. The molecule has 0 spiro atoms. The summed E-state index contributed by atoms with van der Waals surface area (Å²) in [6, 6.07) is 1.77. The van der Waals surface area contributed by atoms with E-state index in [1.807, 2.05) is 6.92 Å². The van der Waals surface area contributed by atoms with Gasteiger partial charge in [-0.2, -0.15) is 0 Å². The van der Waals surface area contributed by atoms with E-state index in [2.05, 4.69) is 15.9 Å². The molecule has 70 valence electrons. The Bertz CT molecular complexity index is 350. The molecule has 1 rings (SSSR count). The van der Waals surface area contributed by atoms with Crippen LogP contribution in [0, 0.1) is 12.3 Å². The number of nitrogens with two attached hydrogens (primary N) is 1. The second-order valence-corrected chi connectivity index (χ2v) is 3.52. The van der Waals surface area contributed by atoms with E-state index in [1.165, 1.54) is 6.21 Å². The van der Waals surface area contributed by atoms with Crippen molar-refractivity contribution in [2.24, 2.45) is 0 Å². The first-order valence-corrected chi connectivity index (χ1v) is 4.54. The molecule has 0 atom stereocenters. The van der Waals surface area contributed by atoms with Crippen LogP contribution in [0.25, 0.3) is 0 Å². The summed E-state index contributed by atoms with van der Waals surface area (Å²) in [5.41, 5.74) is 7.94. The van der Waals surface area contributed by atoms with Crippen molar-refractivity contribution >= 4 is 27.8 Å². The van der Waals surface area contributed by atoms with Crippen LogP contribution in [0.5, 0.6) is 5.75 Å². The summed E-state index contributed by atoms with van der Waals surface area (Å²) in [6.45, 7) is 1.87. The van der Waals surface area contributed by atoms with E-state index < -0.39 is 0 Å². The largest absolute Gasteiger partial charge is 0.495 e. The van der Waals surface area contributed by atoms with Crippen molar-refractivity contribution in [2.75, 3.05) is 12.8 Å². The van der Waals surface area contributed by atoms with Crippen LogP contribution in [-0.2, 0) is 0 Å². The highest BCUT2D eigenvalue weighted by atomic mass is 79.9. The third-order valence-corrected chi connectivity index (χ3v) is 2.50. The highest BCUT2D eigenvalue weighted by molar-refractivity contribution is 9.10. The molecular weight excluding hydrogens is 232 g/mol. The highest BCUT2D eigenvalue weighted by Gasteiger charge is 2.10. The quantitative estimate of drug-likeness (QED) is 0.618. The van der Waals surface area contributed by atoms with E-state index in [0.717, 1.165) is 15.8 Å². The molecule has 0 fully saturated rings. The number of anilines is 1. The average Bonchev–Trinajstić information content (AvgIpc) is 2.12. The summed E-state index contributed by atoms with van der Waals surface area (Å²) in [6.07, 6.45) is 1.23. The van der Waals surface area contributed by atoms with Crippen LogP contribution in [0.1, 0.15) is 11.1 Å². The molecule has 1 aromatic rings. The first kappa shape index (κ1) is 10.1. The Hall–Kier alpha value is -1.03. The number of nitrogens with one attached hydrogen (secondary N) is 1. The predicted octanol–water partition coefficient (Wildman–Crippen LogP) is 2.35. The lowest BCUT2D eigenvalue weighted by molar-refractivity contribution is 0.409. The van der Waals surface area contributed by atoms with Crippen molar-refractivity contribution in [3.05, 3.63) is 21.7 Å². The zero-order valence-corrected chi connectivity index (χ0v) is 9.10. The zero-order chi connectivity index (χ0) is 10.0. The van der Waals surface area contributed by atoms with Gasteiger partial charge in [0.15, 0.2) is 0 Å². The number of ether oxygens (including phenoxy) is 1. The van der Waals surface area contributed by atoms with Crippen molar-refractivity contribution in [2.45, 2.75) is 6.92 Å². The molecule has 0 saturated heterocycles. The van der Waals surface area contributed by atoms with Crippen LogP contribution in [0.3, 0.4) is 0 Å². The van der Waals surface area contributed by atoms with Crippen LogP contribution < -0.4 is 10.5 Å². The van der Waals surface area contributed by atoms with Gasteiger partial charge in [-0.15, -0.1) is 0 Å². The highest BCUT2D eigenvalue weighted by Crippen LogP contribution is 2.34. The molecule has 0 amide bonds. The molecule has 4 heteroatoms. The summed E-state index contributed by atoms with van der Waals surface area (Å²) in [5, 5.41) is 7.14. The number of nitrogen functional groups attached to an aromatic ring is 1. The monoisotopic (exact) mass is 242 g/mol. The molecule has 0 saturated carbocycles. The van der Waals surface area contributed by atoms with Crippen molar-refractivity contribution in [1.82, 2.24) is 0 Å². The second-order valence-electron chi connectivity index (χ2n) is 2.66. The van der Waals surface area contributed by atoms with E-state index in [-0.39, 0.29) is 0 Å². The maximum atomic E-state index is 7.14. The van der Waals surface area contributed by atoms with Gasteiger partial charge in [0.05, 0.1) is 11.6 Å². The van der Waals surface area contributed by atoms with Gasteiger partial charge in [0.25, 0.3) is 0 Å². The molecule has 13 heavy (non-hydrogen) atoms. The first-order chi connectivity index (χ1) is 6.11. The Morgan fingerprint density at radius 3 is 2.69 bits per heavy atom. The summed E-state index contributed by atoms with van der Waals surface area (Å²) >= 11 is 3.35. The fourth-order valence-electron chi connectivity index (χ4n) is 1.17. The number of methoxy groups -OCH3 is 1. The van der Waals surface area contributed by atoms with Crippen LogP contribution in [-0.4, -0.2) is 13.3 Å². The standard InChI is InChI=1S/C9H11BrN2O/c1-5-8(12)6(4-11)3-7(10)9(5)13-2/h3-4,11H,12H2,1-2H3. The van der Waals surface area contributed by atoms with E-state index >= 15 is 0 Å². The average molecular weight is 243 g/mol. The number of halogens is 1. The van der Waals surface area contributed by atoms with Crippen LogP contribution in [0.4, 0.5) is 5.69 Å². The molecule has 0 aliphatic carbocycles. The minimum absolute atomic E-state index is 0.593. The van der Waals surface area contributed by atoms with E-state index in [0.29, 0.717) is 11.3 Å². The normalized spacial score (nSPS) is 9.77. The molecule has 3 N–H and O–H groups in total. The molecule has 0 radical (unpaired) electrons. The fraction of sp³-hybridized carbons (Fsp3) is 0.222. The molecule has 0 unspecified atom stereocenters. The Morgan fingerprint density at radius 2 is 2.23 bits per heavy atom. The Morgan fingerprint density at radius 1 is 1.62 bits per heavy atom. The van der Waals surface area contributed by atoms with Crippen LogP contribution in [0.15, 0.2) is 10.5 Å². The third kappa shape index (κ3) is 1.67. The molecule has 0 aliphatic rings.